The smallest absolute Gasteiger partial charge is 0.120 e. The first-order valence-corrected chi connectivity index (χ1v) is 5.98. The first kappa shape index (κ1) is 14.1. The van der Waals surface area contributed by atoms with Crippen molar-refractivity contribution in [2.75, 3.05) is 25.7 Å². The van der Waals surface area contributed by atoms with Gasteiger partial charge in [-0.2, -0.15) is 0 Å². The maximum Gasteiger partial charge on any atom is 0.120 e. The number of halogens is 1. The maximum absolute atomic E-state index is 9.07. The van der Waals surface area contributed by atoms with Crippen molar-refractivity contribution in [3.05, 3.63) is 23.2 Å². The first-order chi connectivity index (χ1) is 7.92. The number of rotatable bonds is 5. The van der Waals surface area contributed by atoms with Crippen LogP contribution in [0.4, 0.5) is 5.69 Å². The summed E-state index contributed by atoms with van der Waals surface area (Å²) in [4.78, 5) is 2.07. The Morgan fingerprint density at radius 1 is 1.41 bits per heavy atom. The van der Waals surface area contributed by atoms with Crippen molar-refractivity contribution in [1.82, 2.24) is 0 Å². The fraction of sp³-hybridized carbons (Fsp3) is 0.538. The molecular formula is C13H20ClNO2. The molecule has 17 heavy (non-hydrogen) atoms. The van der Waals surface area contributed by atoms with E-state index in [0.717, 1.165) is 11.4 Å². The molecule has 0 aliphatic heterocycles. The van der Waals surface area contributed by atoms with Gasteiger partial charge in [0.25, 0.3) is 0 Å². The van der Waals surface area contributed by atoms with E-state index in [1.165, 1.54) is 0 Å². The number of nitrogens with zero attached hydrogens (tertiary/aromatic N) is 1. The van der Waals surface area contributed by atoms with Crippen LogP contribution in [0.3, 0.4) is 0 Å². The van der Waals surface area contributed by atoms with Crippen LogP contribution in [0.5, 0.6) is 5.75 Å². The van der Waals surface area contributed by atoms with Crippen molar-refractivity contribution in [3.8, 4) is 5.75 Å². The minimum Gasteiger partial charge on any atom is -0.497 e. The Kier molecular flexibility index (Phi) is 4.66. The molecule has 1 aromatic rings. The lowest BCUT2D eigenvalue weighted by atomic mass is 9.98. The van der Waals surface area contributed by atoms with Gasteiger partial charge in [0.05, 0.1) is 17.8 Å². The van der Waals surface area contributed by atoms with Crippen molar-refractivity contribution in [2.24, 2.45) is 0 Å². The van der Waals surface area contributed by atoms with E-state index >= 15 is 0 Å². The van der Waals surface area contributed by atoms with Gasteiger partial charge in [0.15, 0.2) is 0 Å². The van der Waals surface area contributed by atoms with Crippen LogP contribution in [0, 0.1) is 0 Å². The van der Waals surface area contributed by atoms with E-state index in [1.54, 1.807) is 13.2 Å². The molecule has 1 N–H and O–H groups in total. The second kappa shape index (κ2) is 5.61. The molecule has 4 heteroatoms. The SMILES string of the molecule is COc1ccc(N(C)C(C)(C)CCO)c(Cl)c1. The number of benzene rings is 1. The molecule has 0 heterocycles. The van der Waals surface area contributed by atoms with E-state index in [2.05, 4.69) is 18.7 Å². The zero-order chi connectivity index (χ0) is 13.1. The van der Waals surface area contributed by atoms with Crippen LogP contribution in [0.2, 0.25) is 5.02 Å². The number of hydrogen-bond donors (Lipinski definition) is 1. The predicted octanol–water partition coefficient (Wildman–Crippen LogP) is 2.95. The molecule has 0 saturated heterocycles. The fourth-order valence-corrected chi connectivity index (χ4v) is 1.95. The summed E-state index contributed by atoms with van der Waals surface area (Å²) in [6.45, 7) is 4.30. The molecule has 0 amide bonds. The molecule has 0 aliphatic rings. The minimum absolute atomic E-state index is 0.146. The van der Waals surface area contributed by atoms with Gasteiger partial charge in [0, 0.05) is 25.3 Å². The highest BCUT2D eigenvalue weighted by Crippen LogP contribution is 2.33. The molecule has 0 radical (unpaired) electrons. The lowest BCUT2D eigenvalue weighted by Crippen LogP contribution is -2.42. The largest absolute Gasteiger partial charge is 0.497 e. The maximum atomic E-state index is 9.07. The Morgan fingerprint density at radius 2 is 2.06 bits per heavy atom. The van der Waals surface area contributed by atoms with Crippen molar-refractivity contribution in [1.29, 1.82) is 0 Å². The third-order valence-corrected chi connectivity index (χ3v) is 3.45. The summed E-state index contributed by atoms with van der Waals surface area (Å²) in [5.41, 5.74) is 0.790. The van der Waals surface area contributed by atoms with Gasteiger partial charge < -0.3 is 14.7 Å². The number of methoxy groups -OCH3 is 1. The average molecular weight is 258 g/mol. The van der Waals surface area contributed by atoms with Crippen LogP contribution in [0.1, 0.15) is 20.3 Å². The monoisotopic (exact) mass is 257 g/mol. The van der Waals surface area contributed by atoms with Gasteiger partial charge in [-0.3, -0.25) is 0 Å². The summed E-state index contributed by atoms with van der Waals surface area (Å²) in [5, 5.41) is 9.72. The van der Waals surface area contributed by atoms with Gasteiger partial charge in [0.2, 0.25) is 0 Å². The Balaban J connectivity index is 3.00. The molecule has 0 unspecified atom stereocenters. The van der Waals surface area contributed by atoms with E-state index < -0.39 is 0 Å². The average Bonchev–Trinajstić information content (AvgIpc) is 2.28. The molecule has 1 rings (SSSR count). The zero-order valence-electron chi connectivity index (χ0n) is 10.8. The van der Waals surface area contributed by atoms with Crippen molar-refractivity contribution in [2.45, 2.75) is 25.8 Å². The second-order valence-electron chi connectivity index (χ2n) is 4.66. The topological polar surface area (TPSA) is 32.7 Å². The molecule has 0 spiro atoms. The van der Waals surface area contributed by atoms with E-state index in [9.17, 15) is 0 Å². The molecule has 3 nitrogen and oxygen atoms in total. The summed E-state index contributed by atoms with van der Waals surface area (Å²) < 4.78 is 5.12. The molecule has 0 aromatic heterocycles. The van der Waals surface area contributed by atoms with Crippen molar-refractivity contribution in [3.63, 3.8) is 0 Å². The van der Waals surface area contributed by atoms with E-state index in [-0.39, 0.29) is 12.1 Å². The van der Waals surface area contributed by atoms with Crippen LogP contribution in [-0.4, -0.2) is 31.4 Å². The van der Waals surface area contributed by atoms with Crippen molar-refractivity contribution >= 4 is 17.3 Å². The van der Waals surface area contributed by atoms with Crippen LogP contribution in [-0.2, 0) is 0 Å². The Labute approximate surface area is 108 Å². The van der Waals surface area contributed by atoms with Crippen LogP contribution >= 0.6 is 11.6 Å². The van der Waals surface area contributed by atoms with Crippen molar-refractivity contribution < 1.29 is 9.84 Å². The Hall–Kier alpha value is -0.930. The van der Waals surface area contributed by atoms with Crippen LogP contribution in [0.15, 0.2) is 18.2 Å². The first-order valence-electron chi connectivity index (χ1n) is 5.60. The summed E-state index contributed by atoms with van der Waals surface area (Å²) in [5.74, 6) is 0.743. The van der Waals surface area contributed by atoms with Gasteiger partial charge in [-0.15, -0.1) is 0 Å². The van der Waals surface area contributed by atoms with Gasteiger partial charge in [-0.1, -0.05) is 11.6 Å². The zero-order valence-corrected chi connectivity index (χ0v) is 11.6. The molecule has 96 valence electrons. The fourth-order valence-electron chi connectivity index (χ4n) is 1.65. The summed E-state index contributed by atoms with van der Waals surface area (Å²) >= 11 is 6.23. The highest BCUT2D eigenvalue weighted by molar-refractivity contribution is 6.33. The van der Waals surface area contributed by atoms with Gasteiger partial charge in [-0.05, 0) is 32.4 Å². The van der Waals surface area contributed by atoms with Crippen LogP contribution in [0.25, 0.3) is 0 Å². The quantitative estimate of drug-likeness (QED) is 0.880. The molecular weight excluding hydrogens is 238 g/mol. The van der Waals surface area contributed by atoms with Crippen LogP contribution < -0.4 is 9.64 Å². The Bertz CT molecular complexity index is 380. The highest BCUT2D eigenvalue weighted by atomic mass is 35.5. The molecule has 1 aromatic carbocycles. The Morgan fingerprint density at radius 3 is 2.53 bits per heavy atom. The van der Waals surface area contributed by atoms with Gasteiger partial charge in [0.1, 0.15) is 5.75 Å². The van der Waals surface area contributed by atoms with E-state index in [1.807, 2.05) is 19.2 Å². The molecule has 0 bridgehead atoms. The van der Waals surface area contributed by atoms with E-state index in [0.29, 0.717) is 11.4 Å². The summed E-state index contributed by atoms with van der Waals surface area (Å²) in [6.07, 6.45) is 0.686. The molecule has 0 aliphatic carbocycles. The number of aliphatic hydroxyl groups is 1. The normalized spacial score (nSPS) is 11.4. The number of ether oxygens (including phenoxy) is 1. The standard InChI is InChI=1S/C13H20ClNO2/c1-13(2,7-8-16)15(3)12-6-5-10(17-4)9-11(12)14/h5-6,9,16H,7-8H2,1-4H3. The molecule has 0 fully saturated rings. The highest BCUT2D eigenvalue weighted by Gasteiger charge is 2.24. The second-order valence-corrected chi connectivity index (χ2v) is 5.07. The molecule has 0 atom stereocenters. The minimum atomic E-state index is -0.146. The lowest BCUT2D eigenvalue weighted by Gasteiger charge is -2.37. The third kappa shape index (κ3) is 3.27. The summed E-state index contributed by atoms with van der Waals surface area (Å²) in [6, 6.07) is 5.61. The van der Waals surface area contributed by atoms with Gasteiger partial charge in [-0.25, -0.2) is 0 Å². The predicted molar refractivity (Wildman–Crippen MR) is 72.2 cm³/mol. The van der Waals surface area contributed by atoms with Gasteiger partial charge >= 0.3 is 0 Å². The molecule has 0 saturated carbocycles. The number of anilines is 1. The lowest BCUT2D eigenvalue weighted by molar-refractivity contribution is 0.250. The summed E-state index contributed by atoms with van der Waals surface area (Å²) in [7, 11) is 3.59. The number of hydrogen-bond acceptors (Lipinski definition) is 3. The van der Waals surface area contributed by atoms with E-state index in [4.69, 9.17) is 21.4 Å². The third-order valence-electron chi connectivity index (χ3n) is 3.15. The number of aliphatic hydroxyl groups excluding tert-OH is 1.